The molecule has 4 nitrogen and oxygen atoms in total. The Balaban J connectivity index is 2.00. The third kappa shape index (κ3) is 5.47. The van der Waals surface area contributed by atoms with Gasteiger partial charge in [0.2, 0.25) is 0 Å². The molecule has 15 heavy (non-hydrogen) atoms. The summed E-state index contributed by atoms with van der Waals surface area (Å²) in [5, 5.41) is 3.12. The summed E-state index contributed by atoms with van der Waals surface area (Å²) >= 11 is 0. The fraction of sp³-hybridized carbons (Fsp3) is 1.00. The van der Waals surface area contributed by atoms with Gasteiger partial charge < -0.3 is 15.0 Å². The maximum absolute atomic E-state index is 5.69. The third-order valence-electron chi connectivity index (χ3n) is 2.90. The molecule has 0 saturated carbocycles. The van der Waals surface area contributed by atoms with E-state index in [4.69, 9.17) is 4.74 Å². The van der Waals surface area contributed by atoms with Crippen LogP contribution in [0, 0.1) is 0 Å². The van der Waals surface area contributed by atoms with Crippen molar-refractivity contribution in [2.45, 2.75) is 13.0 Å². The molecule has 0 spiro atoms. The first-order valence-corrected chi connectivity index (χ1v) is 5.89. The van der Waals surface area contributed by atoms with Gasteiger partial charge in [-0.1, -0.05) is 0 Å². The molecular weight excluding hydrogens is 190 g/mol. The highest BCUT2D eigenvalue weighted by atomic mass is 16.5. The second-order valence-corrected chi connectivity index (χ2v) is 4.38. The Labute approximate surface area is 93.6 Å². The second kappa shape index (κ2) is 7.17. The van der Waals surface area contributed by atoms with Gasteiger partial charge in [0.15, 0.2) is 0 Å². The van der Waals surface area contributed by atoms with Crippen molar-refractivity contribution in [2.75, 3.05) is 60.0 Å². The standard InChI is InChI=1S/C11H25N3O/c1-11(10-12-2)15-9-8-14-6-4-13(3)5-7-14/h11-12H,4-10H2,1-3H3. The van der Waals surface area contributed by atoms with Crippen molar-refractivity contribution in [3.05, 3.63) is 0 Å². The van der Waals surface area contributed by atoms with Gasteiger partial charge in [-0.2, -0.15) is 0 Å². The van der Waals surface area contributed by atoms with E-state index >= 15 is 0 Å². The zero-order valence-electron chi connectivity index (χ0n) is 10.3. The highest BCUT2D eigenvalue weighted by Crippen LogP contribution is 1.99. The highest BCUT2D eigenvalue weighted by Gasteiger charge is 2.13. The fourth-order valence-electron chi connectivity index (χ4n) is 1.80. The summed E-state index contributed by atoms with van der Waals surface area (Å²) in [4.78, 5) is 4.85. The van der Waals surface area contributed by atoms with E-state index in [1.165, 1.54) is 26.2 Å². The minimum absolute atomic E-state index is 0.322. The first-order chi connectivity index (χ1) is 7.22. The average molecular weight is 215 g/mol. The van der Waals surface area contributed by atoms with E-state index in [1.54, 1.807) is 0 Å². The summed E-state index contributed by atoms with van der Waals surface area (Å²) in [5.74, 6) is 0. The van der Waals surface area contributed by atoms with Crippen LogP contribution in [0.25, 0.3) is 0 Å². The van der Waals surface area contributed by atoms with Crippen LogP contribution in [0.15, 0.2) is 0 Å². The maximum Gasteiger partial charge on any atom is 0.0671 e. The van der Waals surface area contributed by atoms with Crippen molar-refractivity contribution in [1.82, 2.24) is 15.1 Å². The van der Waals surface area contributed by atoms with Crippen molar-refractivity contribution in [1.29, 1.82) is 0 Å². The predicted octanol–water partition coefficient (Wildman–Crippen LogP) is -0.142. The van der Waals surface area contributed by atoms with Gasteiger partial charge in [-0.05, 0) is 21.0 Å². The van der Waals surface area contributed by atoms with Crippen LogP contribution < -0.4 is 5.32 Å². The topological polar surface area (TPSA) is 27.7 Å². The summed E-state index contributed by atoms with van der Waals surface area (Å²) in [6.07, 6.45) is 0.322. The number of rotatable bonds is 6. The molecule has 1 rings (SSSR count). The normalized spacial score (nSPS) is 21.8. The predicted molar refractivity (Wildman–Crippen MR) is 63.3 cm³/mol. The van der Waals surface area contributed by atoms with Crippen molar-refractivity contribution >= 4 is 0 Å². The smallest absolute Gasteiger partial charge is 0.0671 e. The summed E-state index contributed by atoms with van der Waals surface area (Å²) < 4.78 is 5.69. The van der Waals surface area contributed by atoms with Crippen LogP contribution >= 0.6 is 0 Å². The summed E-state index contributed by atoms with van der Waals surface area (Å²) in [6, 6.07) is 0. The SMILES string of the molecule is CNCC(C)OCCN1CCN(C)CC1. The summed E-state index contributed by atoms with van der Waals surface area (Å²) in [7, 11) is 4.14. The average Bonchev–Trinajstić information content (AvgIpc) is 2.21. The molecule has 4 heteroatoms. The lowest BCUT2D eigenvalue weighted by atomic mass is 10.3. The Bertz CT molecular complexity index is 158. The van der Waals surface area contributed by atoms with Crippen molar-refractivity contribution in [3.8, 4) is 0 Å². The Morgan fingerprint density at radius 1 is 1.27 bits per heavy atom. The third-order valence-corrected chi connectivity index (χ3v) is 2.90. The zero-order valence-corrected chi connectivity index (χ0v) is 10.3. The first kappa shape index (κ1) is 12.9. The minimum atomic E-state index is 0.322. The van der Waals surface area contributed by atoms with E-state index < -0.39 is 0 Å². The number of likely N-dealkylation sites (N-methyl/N-ethyl adjacent to an activating group) is 2. The van der Waals surface area contributed by atoms with Gasteiger partial charge in [0.1, 0.15) is 0 Å². The van der Waals surface area contributed by atoms with Gasteiger partial charge in [-0.15, -0.1) is 0 Å². The molecule has 1 fully saturated rings. The van der Waals surface area contributed by atoms with Gasteiger partial charge >= 0.3 is 0 Å². The number of nitrogens with one attached hydrogen (secondary N) is 1. The molecule has 0 bridgehead atoms. The number of hydrogen-bond acceptors (Lipinski definition) is 4. The molecule has 1 saturated heterocycles. The molecule has 1 N–H and O–H groups in total. The lowest BCUT2D eigenvalue weighted by Gasteiger charge is -2.32. The molecular formula is C11H25N3O. The van der Waals surface area contributed by atoms with Crippen LogP contribution in [0.2, 0.25) is 0 Å². The molecule has 1 aliphatic rings. The molecule has 1 heterocycles. The number of piperazine rings is 1. The van der Waals surface area contributed by atoms with Gasteiger partial charge in [0.05, 0.1) is 12.7 Å². The van der Waals surface area contributed by atoms with E-state index in [2.05, 4.69) is 29.1 Å². The molecule has 1 aliphatic heterocycles. The van der Waals surface area contributed by atoms with Crippen LogP contribution in [-0.4, -0.2) is 75.9 Å². The minimum Gasteiger partial charge on any atom is -0.376 e. The summed E-state index contributed by atoms with van der Waals surface area (Å²) in [5.41, 5.74) is 0. The van der Waals surface area contributed by atoms with Crippen LogP contribution in [0.3, 0.4) is 0 Å². The van der Waals surface area contributed by atoms with E-state index in [1.807, 2.05) is 7.05 Å². The van der Waals surface area contributed by atoms with E-state index in [0.717, 1.165) is 19.7 Å². The number of hydrogen-bond donors (Lipinski definition) is 1. The van der Waals surface area contributed by atoms with Crippen molar-refractivity contribution < 1.29 is 4.74 Å². The van der Waals surface area contributed by atoms with E-state index in [-0.39, 0.29) is 0 Å². The monoisotopic (exact) mass is 215 g/mol. The maximum atomic E-state index is 5.69. The first-order valence-electron chi connectivity index (χ1n) is 5.89. The second-order valence-electron chi connectivity index (χ2n) is 4.38. The van der Waals surface area contributed by atoms with Crippen LogP contribution in [-0.2, 0) is 4.74 Å². The molecule has 0 aromatic carbocycles. The Morgan fingerprint density at radius 3 is 2.53 bits per heavy atom. The molecule has 0 aliphatic carbocycles. The van der Waals surface area contributed by atoms with Crippen LogP contribution in [0.4, 0.5) is 0 Å². The van der Waals surface area contributed by atoms with Crippen molar-refractivity contribution in [3.63, 3.8) is 0 Å². The number of ether oxygens (including phenoxy) is 1. The van der Waals surface area contributed by atoms with Gasteiger partial charge in [-0.3, -0.25) is 4.90 Å². The lowest BCUT2D eigenvalue weighted by Crippen LogP contribution is -2.45. The largest absolute Gasteiger partial charge is 0.376 e. The lowest BCUT2D eigenvalue weighted by molar-refractivity contribution is 0.0399. The van der Waals surface area contributed by atoms with Crippen LogP contribution in [0.5, 0.6) is 0 Å². The quantitative estimate of drug-likeness (QED) is 0.667. The van der Waals surface area contributed by atoms with Gasteiger partial charge in [0, 0.05) is 39.3 Å². The number of nitrogens with zero attached hydrogens (tertiary/aromatic N) is 2. The van der Waals surface area contributed by atoms with Gasteiger partial charge in [-0.25, -0.2) is 0 Å². The molecule has 1 unspecified atom stereocenters. The van der Waals surface area contributed by atoms with Crippen LogP contribution in [0.1, 0.15) is 6.92 Å². The van der Waals surface area contributed by atoms with Gasteiger partial charge in [0.25, 0.3) is 0 Å². The molecule has 0 amide bonds. The highest BCUT2D eigenvalue weighted by molar-refractivity contribution is 4.68. The van der Waals surface area contributed by atoms with E-state index in [9.17, 15) is 0 Å². The van der Waals surface area contributed by atoms with Crippen molar-refractivity contribution in [2.24, 2.45) is 0 Å². The Hall–Kier alpha value is -0.160. The Morgan fingerprint density at radius 2 is 1.93 bits per heavy atom. The molecule has 90 valence electrons. The van der Waals surface area contributed by atoms with E-state index in [0.29, 0.717) is 6.10 Å². The zero-order chi connectivity index (χ0) is 11.1. The fourth-order valence-corrected chi connectivity index (χ4v) is 1.80. The molecule has 0 aromatic rings. The molecule has 0 radical (unpaired) electrons. The molecule has 1 atom stereocenters. The summed E-state index contributed by atoms with van der Waals surface area (Å²) in [6.45, 7) is 9.70. The Kier molecular flexibility index (Phi) is 6.17. The molecule has 0 aromatic heterocycles.